The normalized spacial score (nSPS) is 13.0. The van der Waals surface area contributed by atoms with Crippen molar-refractivity contribution in [1.82, 2.24) is 4.98 Å². The fraction of sp³-hybridized carbons (Fsp3) is 0.562. The summed E-state index contributed by atoms with van der Waals surface area (Å²) in [7, 11) is -4.71. The molecule has 1 amide bonds. The van der Waals surface area contributed by atoms with Crippen LogP contribution < -0.4 is 5.32 Å². The standard InChI is InChI=1S/C16H25N2O8P/c1-5-24-14(19)12(10-25-27(21,22)23)8-11-6-7-13(17-9-11)18-15(20)26-16(2,3)4/h6-7,9,12H,5,8,10H2,1-4H3,(H,17,18,20)(H2,21,22,23). The summed E-state index contributed by atoms with van der Waals surface area (Å²) >= 11 is 0. The lowest BCUT2D eigenvalue weighted by atomic mass is 10.0. The van der Waals surface area contributed by atoms with Crippen LogP contribution in [0.1, 0.15) is 33.3 Å². The first kappa shape index (κ1) is 23.0. The molecule has 0 fully saturated rings. The Bertz CT molecular complexity index is 681. The van der Waals surface area contributed by atoms with Crippen LogP contribution in [0.4, 0.5) is 10.6 Å². The number of pyridine rings is 1. The largest absolute Gasteiger partial charge is 0.469 e. The lowest BCUT2D eigenvalue weighted by molar-refractivity contribution is -0.149. The second-order valence-corrected chi connectivity index (χ2v) is 7.86. The van der Waals surface area contributed by atoms with Gasteiger partial charge in [0.1, 0.15) is 11.4 Å². The number of phosphoric acid groups is 1. The van der Waals surface area contributed by atoms with Crippen molar-refractivity contribution in [2.45, 2.75) is 39.7 Å². The predicted octanol–water partition coefficient (Wildman–Crippen LogP) is 2.26. The molecule has 0 aliphatic rings. The average Bonchev–Trinajstić information content (AvgIpc) is 2.50. The summed E-state index contributed by atoms with van der Waals surface area (Å²) in [6, 6.07) is 3.13. The topological polar surface area (TPSA) is 144 Å². The Hall–Kier alpha value is -2.00. The monoisotopic (exact) mass is 404 g/mol. The van der Waals surface area contributed by atoms with Gasteiger partial charge < -0.3 is 19.3 Å². The van der Waals surface area contributed by atoms with Gasteiger partial charge in [-0.2, -0.15) is 0 Å². The number of hydrogen-bond donors (Lipinski definition) is 3. The van der Waals surface area contributed by atoms with Gasteiger partial charge in [0.15, 0.2) is 0 Å². The fourth-order valence-corrected chi connectivity index (χ4v) is 2.34. The first-order chi connectivity index (χ1) is 12.4. The van der Waals surface area contributed by atoms with E-state index in [2.05, 4.69) is 14.8 Å². The Balaban J connectivity index is 2.74. The zero-order chi connectivity index (χ0) is 20.7. The van der Waals surface area contributed by atoms with Crippen LogP contribution in [0.15, 0.2) is 18.3 Å². The molecule has 0 aromatic carbocycles. The van der Waals surface area contributed by atoms with Crippen LogP contribution in [0, 0.1) is 5.92 Å². The highest BCUT2D eigenvalue weighted by Crippen LogP contribution is 2.36. The molecule has 152 valence electrons. The van der Waals surface area contributed by atoms with Gasteiger partial charge in [-0.05, 0) is 45.7 Å². The summed E-state index contributed by atoms with van der Waals surface area (Å²) in [6.07, 6.45) is 0.872. The maximum atomic E-state index is 12.0. The van der Waals surface area contributed by atoms with E-state index >= 15 is 0 Å². The van der Waals surface area contributed by atoms with Gasteiger partial charge in [-0.3, -0.25) is 14.6 Å². The number of rotatable bonds is 8. The van der Waals surface area contributed by atoms with E-state index in [4.69, 9.17) is 19.3 Å². The quantitative estimate of drug-likeness (QED) is 0.439. The summed E-state index contributed by atoms with van der Waals surface area (Å²) in [5.74, 6) is -1.29. The summed E-state index contributed by atoms with van der Waals surface area (Å²) in [5, 5.41) is 2.48. The summed E-state index contributed by atoms with van der Waals surface area (Å²) in [4.78, 5) is 45.4. The molecule has 1 rings (SSSR count). The molecule has 1 aromatic rings. The minimum atomic E-state index is -4.71. The van der Waals surface area contributed by atoms with Crippen molar-refractivity contribution in [1.29, 1.82) is 0 Å². The van der Waals surface area contributed by atoms with E-state index in [0.29, 0.717) is 5.56 Å². The predicted molar refractivity (Wildman–Crippen MR) is 95.9 cm³/mol. The molecule has 0 radical (unpaired) electrons. The number of hydrogen-bond acceptors (Lipinski definition) is 7. The maximum absolute atomic E-state index is 12.0. The average molecular weight is 404 g/mol. The van der Waals surface area contributed by atoms with E-state index in [-0.39, 0.29) is 18.8 Å². The number of nitrogens with zero attached hydrogens (tertiary/aromatic N) is 1. The number of ether oxygens (including phenoxy) is 2. The minimum Gasteiger partial charge on any atom is -0.466 e. The molecule has 1 aromatic heterocycles. The van der Waals surface area contributed by atoms with E-state index in [0.717, 1.165) is 0 Å². The van der Waals surface area contributed by atoms with E-state index in [1.165, 1.54) is 12.3 Å². The summed E-state index contributed by atoms with van der Waals surface area (Å²) < 4.78 is 25.3. The SMILES string of the molecule is CCOC(=O)C(COP(=O)(O)O)Cc1ccc(NC(=O)OC(C)(C)C)nc1. The van der Waals surface area contributed by atoms with Gasteiger partial charge in [0.2, 0.25) is 0 Å². The Morgan fingerprint density at radius 2 is 1.96 bits per heavy atom. The van der Waals surface area contributed by atoms with Crippen molar-refractivity contribution < 1.29 is 37.9 Å². The number of esters is 1. The Labute approximate surface area is 157 Å². The third-order valence-corrected chi connectivity index (χ3v) is 3.49. The Kier molecular flexibility index (Phi) is 8.36. The highest BCUT2D eigenvalue weighted by molar-refractivity contribution is 7.46. The minimum absolute atomic E-state index is 0.0958. The highest BCUT2D eigenvalue weighted by Gasteiger charge is 2.25. The van der Waals surface area contributed by atoms with Crippen molar-refractivity contribution in [3.8, 4) is 0 Å². The molecule has 11 heteroatoms. The molecule has 0 saturated heterocycles. The van der Waals surface area contributed by atoms with Crippen molar-refractivity contribution in [3.63, 3.8) is 0 Å². The summed E-state index contributed by atoms with van der Waals surface area (Å²) in [6.45, 7) is 6.45. The van der Waals surface area contributed by atoms with Crippen LogP contribution in [0.25, 0.3) is 0 Å². The van der Waals surface area contributed by atoms with Crippen molar-refractivity contribution >= 4 is 25.7 Å². The molecule has 27 heavy (non-hydrogen) atoms. The number of aromatic nitrogens is 1. The first-order valence-corrected chi connectivity index (χ1v) is 9.74. The fourth-order valence-electron chi connectivity index (χ4n) is 1.97. The van der Waals surface area contributed by atoms with Gasteiger partial charge in [0, 0.05) is 6.20 Å². The molecule has 0 spiro atoms. The number of carbonyl (C=O) groups excluding carboxylic acids is 2. The van der Waals surface area contributed by atoms with E-state index in [9.17, 15) is 14.2 Å². The van der Waals surface area contributed by atoms with Crippen LogP contribution in [-0.4, -0.2) is 45.6 Å². The zero-order valence-corrected chi connectivity index (χ0v) is 16.6. The Morgan fingerprint density at radius 3 is 2.44 bits per heavy atom. The van der Waals surface area contributed by atoms with Gasteiger partial charge in [-0.25, -0.2) is 14.3 Å². The second kappa shape index (κ2) is 9.80. The number of anilines is 1. The third-order valence-electron chi connectivity index (χ3n) is 3.00. The number of nitrogens with one attached hydrogen (secondary N) is 1. The smallest absolute Gasteiger partial charge is 0.466 e. The summed E-state index contributed by atoms with van der Waals surface area (Å²) in [5.41, 5.74) is -0.0486. The van der Waals surface area contributed by atoms with Crippen LogP contribution in [-0.2, 0) is 29.8 Å². The maximum Gasteiger partial charge on any atom is 0.469 e. The van der Waals surface area contributed by atoms with Crippen LogP contribution in [0.5, 0.6) is 0 Å². The molecule has 1 heterocycles. The molecule has 0 saturated carbocycles. The molecule has 3 N–H and O–H groups in total. The second-order valence-electron chi connectivity index (χ2n) is 6.62. The molecular weight excluding hydrogens is 379 g/mol. The van der Waals surface area contributed by atoms with E-state index in [1.54, 1.807) is 33.8 Å². The molecule has 10 nitrogen and oxygen atoms in total. The van der Waals surface area contributed by atoms with Gasteiger partial charge in [0.25, 0.3) is 0 Å². The lowest BCUT2D eigenvalue weighted by Gasteiger charge is -2.19. The molecule has 0 aliphatic heterocycles. The number of phosphoric ester groups is 1. The molecule has 0 bridgehead atoms. The van der Waals surface area contributed by atoms with Crippen LogP contribution in [0.2, 0.25) is 0 Å². The molecule has 0 aliphatic carbocycles. The van der Waals surface area contributed by atoms with Gasteiger partial charge in [-0.1, -0.05) is 6.07 Å². The number of carbonyl (C=O) groups is 2. The third kappa shape index (κ3) is 10.0. The Morgan fingerprint density at radius 1 is 1.30 bits per heavy atom. The van der Waals surface area contributed by atoms with Crippen molar-refractivity contribution in [2.24, 2.45) is 5.92 Å². The molecular formula is C16H25N2O8P. The van der Waals surface area contributed by atoms with Crippen molar-refractivity contribution in [3.05, 3.63) is 23.9 Å². The highest BCUT2D eigenvalue weighted by atomic mass is 31.2. The van der Waals surface area contributed by atoms with Crippen LogP contribution in [0.3, 0.4) is 0 Å². The molecule has 1 atom stereocenters. The van der Waals surface area contributed by atoms with E-state index < -0.39 is 38.0 Å². The van der Waals surface area contributed by atoms with Crippen molar-refractivity contribution in [2.75, 3.05) is 18.5 Å². The van der Waals surface area contributed by atoms with Gasteiger partial charge in [-0.15, -0.1) is 0 Å². The lowest BCUT2D eigenvalue weighted by Crippen LogP contribution is -2.27. The van der Waals surface area contributed by atoms with Crippen LogP contribution >= 0.6 is 7.82 Å². The first-order valence-electron chi connectivity index (χ1n) is 8.21. The van der Waals surface area contributed by atoms with Gasteiger partial charge in [0.05, 0.1) is 19.1 Å². The zero-order valence-electron chi connectivity index (χ0n) is 15.7. The number of amides is 1. The van der Waals surface area contributed by atoms with Gasteiger partial charge >= 0.3 is 19.9 Å². The van der Waals surface area contributed by atoms with E-state index in [1.807, 2.05) is 0 Å². The molecule has 1 unspecified atom stereocenters.